The van der Waals surface area contributed by atoms with Gasteiger partial charge in [-0.3, -0.25) is 0 Å². The molecule has 0 radical (unpaired) electrons. The number of hydrogen-bond acceptors (Lipinski definition) is 5. The third kappa shape index (κ3) is 4.25. The molecule has 7 heteroatoms. The maximum atomic E-state index is 12.1. The monoisotopic (exact) mass is 303 g/mol. The largest absolute Gasteiger partial charge is 0.315 e. The maximum Gasteiger partial charge on any atom is 0.241 e. The second-order valence-corrected chi connectivity index (χ2v) is 7.49. The second kappa shape index (κ2) is 6.81. The van der Waals surface area contributed by atoms with Crippen LogP contribution >= 0.6 is 11.3 Å². The highest BCUT2D eigenvalue weighted by Gasteiger charge is 2.17. The molecule has 5 nitrogen and oxygen atoms in total. The van der Waals surface area contributed by atoms with Gasteiger partial charge in [0.05, 0.1) is 4.90 Å². The highest BCUT2D eigenvalue weighted by atomic mass is 32.2. The summed E-state index contributed by atoms with van der Waals surface area (Å²) in [4.78, 5) is 3.70. The Labute approximate surface area is 119 Å². The molecular formula is C12H21N3O2S2. The number of nitrogens with one attached hydrogen (secondary N) is 2. The van der Waals surface area contributed by atoms with E-state index in [1.807, 2.05) is 7.05 Å². The van der Waals surface area contributed by atoms with E-state index in [1.54, 1.807) is 11.4 Å². The van der Waals surface area contributed by atoms with Crippen LogP contribution < -0.4 is 10.0 Å². The van der Waals surface area contributed by atoms with E-state index in [0.29, 0.717) is 18.0 Å². The van der Waals surface area contributed by atoms with Gasteiger partial charge in [0, 0.05) is 29.9 Å². The van der Waals surface area contributed by atoms with Crippen molar-refractivity contribution < 1.29 is 8.42 Å². The maximum absolute atomic E-state index is 12.1. The zero-order chi connectivity index (χ0) is 13.7. The lowest BCUT2D eigenvalue weighted by molar-refractivity contribution is 0.344. The van der Waals surface area contributed by atoms with Crippen LogP contribution in [0.2, 0.25) is 0 Å². The topological polar surface area (TPSA) is 61.4 Å². The number of rotatable bonds is 7. The first-order valence-electron chi connectivity index (χ1n) is 6.56. The van der Waals surface area contributed by atoms with Crippen molar-refractivity contribution in [1.29, 1.82) is 0 Å². The average Bonchev–Trinajstić information content (AvgIpc) is 3.00. The van der Waals surface area contributed by atoms with Gasteiger partial charge in [-0.25, -0.2) is 13.1 Å². The van der Waals surface area contributed by atoms with Crippen LogP contribution in [0.4, 0.5) is 0 Å². The summed E-state index contributed by atoms with van der Waals surface area (Å²) in [7, 11) is -1.49. The number of sulfonamides is 1. The van der Waals surface area contributed by atoms with Gasteiger partial charge in [-0.15, -0.1) is 11.3 Å². The van der Waals surface area contributed by atoms with Crippen molar-refractivity contribution >= 4 is 21.4 Å². The van der Waals surface area contributed by atoms with Gasteiger partial charge < -0.3 is 10.2 Å². The fraction of sp³-hybridized carbons (Fsp3) is 0.667. The number of likely N-dealkylation sites (tertiary alicyclic amines) is 1. The molecule has 2 heterocycles. The van der Waals surface area contributed by atoms with Crippen LogP contribution in [-0.4, -0.2) is 46.5 Å². The first-order chi connectivity index (χ1) is 9.12. The summed E-state index contributed by atoms with van der Waals surface area (Å²) in [5, 5.41) is 4.72. The Balaban J connectivity index is 1.85. The molecule has 0 aliphatic carbocycles. The van der Waals surface area contributed by atoms with E-state index in [9.17, 15) is 8.42 Å². The molecule has 1 fully saturated rings. The molecule has 2 rings (SSSR count). The van der Waals surface area contributed by atoms with E-state index in [2.05, 4.69) is 14.9 Å². The molecule has 1 saturated heterocycles. The van der Waals surface area contributed by atoms with E-state index < -0.39 is 10.0 Å². The van der Waals surface area contributed by atoms with E-state index in [1.165, 1.54) is 24.2 Å². The standard InChI is InChI=1S/C12H21N3O2S2/c1-13-9-11-8-12(10-18-11)19(16,17)14-4-7-15-5-2-3-6-15/h8,10,13-14H,2-7,9H2,1H3. The van der Waals surface area contributed by atoms with Gasteiger partial charge in [0.2, 0.25) is 10.0 Å². The predicted octanol–water partition coefficient (Wildman–Crippen LogP) is 0.842. The molecule has 0 unspecified atom stereocenters. The molecule has 0 saturated carbocycles. The van der Waals surface area contributed by atoms with Crippen LogP contribution in [0.5, 0.6) is 0 Å². The molecule has 2 N–H and O–H groups in total. The van der Waals surface area contributed by atoms with Gasteiger partial charge in [-0.05, 0) is 39.0 Å². The second-order valence-electron chi connectivity index (χ2n) is 4.73. The Morgan fingerprint density at radius 2 is 2.11 bits per heavy atom. The minimum Gasteiger partial charge on any atom is -0.315 e. The Kier molecular flexibility index (Phi) is 5.35. The smallest absolute Gasteiger partial charge is 0.241 e. The summed E-state index contributed by atoms with van der Waals surface area (Å²) in [5.74, 6) is 0. The van der Waals surface area contributed by atoms with E-state index in [0.717, 1.165) is 24.5 Å². The quantitative estimate of drug-likeness (QED) is 0.784. The number of hydrogen-bond donors (Lipinski definition) is 2. The molecule has 108 valence electrons. The fourth-order valence-corrected chi connectivity index (χ4v) is 4.50. The third-order valence-corrected chi connectivity index (χ3v) is 5.74. The Morgan fingerprint density at radius 3 is 2.79 bits per heavy atom. The third-order valence-electron chi connectivity index (χ3n) is 3.21. The normalized spacial score (nSPS) is 17.1. The van der Waals surface area contributed by atoms with Crippen LogP contribution in [-0.2, 0) is 16.6 Å². The van der Waals surface area contributed by atoms with Gasteiger partial charge in [-0.1, -0.05) is 0 Å². The molecule has 0 atom stereocenters. The molecular weight excluding hydrogens is 282 g/mol. The Morgan fingerprint density at radius 1 is 1.37 bits per heavy atom. The van der Waals surface area contributed by atoms with Crippen LogP contribution in [0.3, 0.4) is 0 Å². The lowest BCUT2D eigenvalue weighted by Crippen LogP contribution is -2.33. The van der Waals surface area contributed by atoms with E-state index in [4.69, 9.17) is 0 Å². The zero-order valence-electron chi connectivity index (χ0n) is 11.2. The highest BCUT2D eigenvalue weighted by Crippen LogP contribution is 2.18. The van der Waals surface area contributed by atoms with Gasteiger partial charge >= 0.3 is 0 Å². The van der Waals surface area contributed by atoms with Crippen LogP contribution in [0, 0.1) is 0 Å². The zero-order valence-corrected chi connectivity index (χ0v) is 12.8. The van der Waals surface area contributed by atoms with Crippen molar-refractivity contribution in [3.8, 4) is 0 Å². The summed E-state index contributed by atoms with van der Waals surface area (Å²) in [5.41, 5.74) is 0. The average molecular weight is 303 g/mol. The Hall–Kier alpha value is -0.470. The minimum atomic E-state index is -3.34. The van der Waals surface area contributed by atoms with Crippen molar-refractivity contribution in [3.05, 3.63) is 16.3 Å². The summed E-state index contributed by atoms with van der Waals surface area (Å²) >= 11 is 1.47. The van der Waals surface area contributed by atoms with Crippen LogP contribution in [0.25, 0.3) is 0 Å². The molecule has 0 aromatic carbocycles. The summed E-state index contributed by atoms with van der Waals surface area (Å²) in [6.45, 7) is 4.17. The molecule has 0 spiro atoms. The number of nitrogens with zero attached hydrogens (tertiary/aromatic N) is 1. The van der Waals surface area contributed by atoms with Crippen LogP contribution in [0.1, 0.15) is 17.7 Å². The van der Waals surface area contributed by atoms with Gasteiger partial charge in [0.1, 0.15) is 0 Å². The number of thiophene rings is 1. The van der Waals surface area contributed by atoms with Gasteiger partial charge in [-0.2, -0.15) is 0 Å². The first-order valence-corrected chi connectivity index (χ1v) is 8.92. The van der Waals surface area contributed by atoms with Crippen LogP contribution in [0.15, 0.2) is 16.3 Å². The summed E-state index contributed by atoms with van der Waals surface area (Å²) < 4.78 is 26.8. The molecule has 1 aliphatic rings. The van der Waals surface area contributed by atoms with Crippen molar-refractivity contribution in [2.75, 3.05) is 33.2 Å². The molecule has 1 aromatic heterocycles. The van der Waals surface area contributed by atoms with Crippen molar-refractivity contribution in [2.45, 2.75) is 24.3 Å². The SMILES string of the molecule is CNCc1cc(S(=O)(=O)NCCN2CCCC2)cs1. The van der Waals surface area contributed by atoms with Crippen molar-refractivity contribution in [2.24, 2.45) is 0 Å². The predicted molar refractivity (Wildman–Crippen MR) is 77.9 cm³/mol. The summed E-state index contributed by atoms with van der Waals surface area (Å²) in [6.07, 6.45) is 2.45. The first kappa shape index (κ1) is 14.9. The Bertz CT molecular complexity index is 493. The van der Waals surface area contributed by atoms with Gasteiger partial charge in [0.25, 0.3) is 0 Å². The van der Waals surface area contributed by atoms with E-state index >= 15 is 0 Å². The molecule has 19 heavy (non-hydrogen) atoms. The van der Waals surface area contributed by atoms with Crippen molar-refractivity contribution in [3.63, 3.8) is 0 Å². The highest BCUT2D eigenvalue weighted by molar-refractivity contribution is 7.89. The van der Waals surface area contributed by atoms with Gasteiger partial charge in [0.15, 0.2) is 0 Å². The molecule has 0 amide bonds. The lowest BCUT2D eigenvalue weighted by Gasteiger charge is -2.14. The van der Waals surface area contributed by atoms with Crippen molar-refractivity contribution in [1.82, 2.24) is 14.9 Å². The molecule has 1 aliphatic heterocycles. The summed E-state index contributed by atoms with van der Waals surface area (Å²) in [6, 6.07) is 1.74. The molecule has 0 bridgehead atoms. The van der Waals surface area contributed by atoms with E-state index in [-0.39, 0.29) is 0 Å². The fourth-order valence-electron chi connectivity index (χ4n) is 2.20. The minimum absolute atomic E-state index is 0.379. The molecule has 1 aromatic rings. The lowest BCUT2D eigenvalue weighted by atomic mass is 10.4.